The number of benzene rings is 1. The fourth-order valence-corrected chi connectivity index (χ4v) is 2.11. The van der Waals surface area contributed by atoms with Gasteiger partial charge in [0.05, 0.1) is 32.5 Å². The Morgan fingerprint density at radius 2 is 1.94 bits per heavy atom. The standard InChI is InChI=1S/C14H21NO3/c1-16-12-4-2-11(3-5-12)9-17-10-14-7-6-13(8-15)18-14/h2-5,13-14H,6-10,15H2,1H3. The lowest BCUT2D eigenvalue weighted by molar-refractivity contribution is -0.0168. The second-order valence-corrected chi connectivity index (χ2v) is 4.56. The summed E-state index contributed by atoms with van der Waals surface area (Å²) >= 11 is 0. The van der Waals surface area contributed by atoms with Gasteiger partial charge in [-0.15, -0.1) is 0 Å². The molecule has 2 N–H and O–H groups in total. The molecular formula is C14H21NO3. The number of hydrogen-bond donors (Lipinski definition) is 1. The van der Waals surface area contributed by atoms with Crippen molar-refractivity contribution in [1.82, 2.24) is 0 Å². The summed E-state index contributed by atoms with van der Waals surface area (Å²) in [6, 6.07) is 7.90. The van der Waals surface area contributed by atoms with E-state index in [-0.39, 0.29) is 12.2 Å². The van der Waals surface area contributed by atoms with Gasteiger partial charge in [0.1, 0.15) is 5.75 Å². The molecule has 0 bridgehead atoms. The summed E-state index contributed by atoms with van der Waals surface area (Å²) in [7, 11) is 1.66. The van der Waals surface area contributed by atoms with Gasteiger partial charge in [0.25, 0.3) is 0 Å². The SMILES string of the molecule is COc1ccc(COCC2CCC(CN)O2)cc1. The van der Waals surface area contributed by atoms with Crippen LogP contribution in [0.25, 0.3) is 0 Å². The average molecular weight is 251 g/mol. The minimum absolute atomic E-state index is 0.205. The average Bonchev–Trinajstić information content (AvgIpc) is 2.87. The lowest BCUT2D eigenvalue weighted by Crippen LogP contribution is -2.22. The fraction of sp³-hybridized carbons (Fsp3) is 0.571. The Balaban J connectivity index is 1.68. The van der Waals surface area contributed by atoms with Gasteiger partial charge in [-0.3, -0.25) is 0 Å². The summed E-state index contributed by atoms with van der Waals surface area (Å²) in [5.41, 5.74) is 6.71. The fourth-order valence-electron chi connectivity index (χ4n) is 2.11. The molecule has 18 heavy (non-hydrogen) atoms. The summed E-state index contributed by atoms with van der Waals surface area (Å²) in [4.78, 5) is 0. The van der Waals surface area contributed by atoms with Crippen molar-refractivity contribution in [3.05, 3.63) is 29.8 Å². The molecule has 4 heteroatoms. The van der Waals surface area contributed by atoms with Crippen LogP contribution >= 0.6 is 0 Å². The monoisotopic (exact) mass is 251 g/mol. The molecule has 0 aliphatic carbocycles. The minimum Gasteiger partial charge on any atom is -0.497 e. The summed E-state index contributed by atoms with van der Waals surface area (Å²) < 4.78 is 16.5. The molecular weight excluding hydrogens is 230 g/mol. The third-order valence-corrected chi connectivity index (χ3v) is 3.19. The Labute approximate surface area is 108 Å². The van der Waals surface area contributed by atoms with E-state index < -0.39 is 0 Å². The van der Waals surface area contributed by atoms with Crippen molar-refractivity contribution in [2.75, 3.05) is 20.3 Å². The molecule has 2 unspecified atom stereocenters. The molecule has 1 aliphatic heterocycles. The lowest BCUT2D eigenvalue weighted by Gasteiger charge is -2.12. The Morgan fingerprint density at radius 1 is 1.22 bits per heavy atom. The highest BCUT2D eigenvalue weighted by molar-refractivity contribution is 5.26. The molecule has 1 aliphatic rings. The van der Waals surface area contributed by atoms with Gasteiger partial charge in [0, 0.05) is 6.54 Å². The summed E-state index contributed by atoms with van der Waals surface area (Å²) in [5.74, 6) is 0.865. The molecule has 1 fully saturated rings. The molecule has 100 valence electrons. The van der Waals surface area contributed by atoms with Gasteiger partial charge in [-0.2, -0.15) is 0 Å². The van der Waals surface area contributed by atoms with Crippen molar-refractivity contribution in [3.63, 3.8) is 0 Å². The summed E-state index contributed by atoms with van der Waals surface area (Å²) in [6.45, 7) is 1.86. The van der Waals surface area contributed by atoms with Crippen LogP contribution in [0.4, 0.5) is 0 Å². The van der Waals surface area contributed by atoms with Crippen molar-refractivity contribution in [1.29, 1.82) is 0 Å². The Morgan fingerprint density at radius 3 is 2.56 bits per heavy atom. The molecule has 4 nitrogen and oxygen atoms in total. The Bertz CT molecular complexity index is 353. The zero-order valence-electron chi connectivity index (χ0n) is 10.8. The highest BCUT2D eigenvalue weighted by Gasteiger charge is 2.23. The van der Waals surface area contributed by atoms with Crippen molar-refractivity contribution < 1.29 is 14.2 Å². The topological polar surface area (TPSA) is 53.7 Å². The first kappa shape index (κ1) is 13.3. The van der Waals surface area contributed by atoms with E-state index in [1.54, 1.807) is 7.11 Å². The van der Waals surface area contributed by atoms with Crippen molar-refractivity contribution in [2.45, 2.75) is 31.7 Å². The van der Waals surface area contributed by atoms with Crippen LogP contribution in [-0.2, 0) is 16.1 Å². The number of methoxy groups -OCH3 is 1. The van der Waals surface area contributed by atoms with Crippen LogP contribution in [-0.4, -0.2) is 32.5 Å². The van der Waals surface area contributed by atoms with Crippen LogP contribution in [0.2, 0.25) is 0 Å². The van der Waals surface area contributed by atoms with E-state index >= 15 is 0 Å². The van der Waals surface area contributed by atoms with Crippen molar-refractivity contribution in [3.8, 4) is 5.75 Å². The molecule has 2 rings (SSSR count). The third-order valence-electron chi connectivity index (χ3n) is 3.19. The molecule has 0 aromatic heterocycles. The maximum Gasteiger partial charge on any atom is 0.118 e. The lowest BCUT2D eigenvalue weighted by atomic mass is 10.2. The first-order valence-corrected chi connectivity index (χ1v) is 6.38. The number of ether oxygens (including phenoxy) is 3. The maximum absolute atomic E-state index is 5.72. The first-order chi connectivity index (χ1) is 8.81. The van der Waals surface area contributed by atoms with E-state index in [4.69, 9.17) is 19.9 Å². The number of rotatable bonds is 6. The van der Waals surface area contributed by atoms with E-state index in [0.29, 0.717) is 19.8 Å². The first-order valence-electron chi connectivity index (χ1n) is 6.38. The van der Waals surface area contributed by atoms with Gasteiger partial charge in [-0.25, -0.2) is 0 Å². The molecule has 1 aromatic carbocycles. The van der Waals surface area contributed by atoms with Gasteiger partial charge in [-0.1, -0.05) is 12.1 Å². The highest BCUT2D eigenvalue weighted by atomic mass is 16.5. The molecule has 0 spiro atoms. The molecule has 1 saturated heterocycles. The van der Waals surface area contributed by atoms with E-state index in [1.807, 2.05) is 24.3 Å². The Hall–Kier alpha value is -1.10. The molecule has 0 radical (unpaired) electrons. The van der Waals surface area contributed by atoms with Crippen molar-refractivity contribution in [2.24, 2.45) is 5.73 Å². The van der Waals surface area contributed by atoms with Crippen LogP contribution in [0, 0.1) is 0 Å². The largest absolute Gasteiger partial charge is 0.497 e. The quantitative estimate of drug-likeness (QED) is 0.836. The van der Waals surface area contributed by atoms with E-state index in [0.717, 1.165) is 24.2 Å². The molecule has 1 aromatic rings. The second-order valence-electron chi connectivity index (χ2n) is 4.56. The maximum atomic E-state index is 5.72. The zero-order valence-corrected chi connectivity index (χ0v) is 10.8. The van der Waals surface area contributed by atoms with Crippen LogP contribution in [0.15, 0.2) is 24.3 Å². The van der Waals surface area contributed by atoms with Gasteiger partial charge in [0.15, 0.2) is 0 Å². The smallest absolute Gasteiger partial charge is 0.118 e. The third kappa shape index (κ3) is 3.70. The van der Waals surface area contributed by atoms with E-state index in [2.05, 4.69) is 0 Å². The van der Waals surface area contributed by atoms with Crippen LogP contribution in [0.3, 0.4) is 0 Å². The predicted octanol–water partition coefficient (Wildman–Crippen LogP) is 1.72. The molecule has 1 heterocycles. The molecule has 2 atom stereocenters. The van der Waals surface area contributed by atoms with Crippen molar-refractivity contribution >= 4 is 0 Å². The summed E-state index contributed by atoms with van der Waals surface area (Å²) in [6.07, 6.45) is 2.52. The zero-order chi connectivity index (χ0) is 12.8. The van der Waals surface area contributed by atoms with Crippen LogP contribution in [0.1, 0.15) is 18.4 Å². The van der Waals surface area contributed by atoms with E-state index in [9.17, 15) is 0 Å². The highest BCUT2D eigenvalue weighted by Crippen LogP contribution is 2.19. The van der Waals surface area contributed by atoms with Crippen LogP contribution < -0.4 is 10.5 Å². The van der Waals surface area contributed by atoms with Crippen LogP contribution in [0.5, 0.6) is 5.75 Å². The van der Waals surface area contributed by atoms with Gasteiger partial charge in [0.2, 0.25) is 0 Å². The molecule has 0 saturated carbocycles. The minimum atomic E-state index is 0.205. The van der Waals surface area contributed by atoms with Gasteiger partial charge >= 0.3 is 0 Å². The normalized spacial score (nSPS) is 23.2. The number of nitrogens with two attached hydrogens (primary N) is 1. The number of hydrogen-bond acceptors (Lipinski definition) is 4. The molecule has 0 amide bonds. The predicted molar refractivity (Wildman–Crippen MR) is 69.6 cm³/mol. The summed E-state index contributed by atoms with van der Waals surface area (Å²) in [5, 5.41) is 0. The van der Waals surface area contributed by atoms with E-state index in [1.165, 1.54) is 0 Å². The Kier molecular flexibility index (Phi) is 4.99. The second kappa shape index (κ2) is 6.73. The van der Waals surface area contributed by atoms with Gasteiger partial charge in [-0.05, 0) is 30.5 Å². The van der Waals surface area contributed by atoms with Gasteiger partial charge < -0.3 is 19.9 Å².